The molecule has 1 aromatic carbocycles. The van der Waals surface area contributed by atoms with Crippen LogP contribution in [0.1, 0.15) is 17.8 Å². The molecule has 3 aromatic heterocycles. The van der Waals surface area contributed by atoms with E-state index >= 15 is 0 Å². The molecule has 0 spiro atoms. The quantitative estimate of drug-likeness (QED) is 0.464. The van der Waals surface area contributed by atoms with E-state index in [2.05, 4.69) is 46.2 Å². The van der Waals surface area contributed by atoms with Crippen LogP contribution in [0.15, 0.2) is 18.3 Å². The Morgan fingerprint density at radius 3 is 2.85 bits per heavy atom. The topological polar surface area (TPSA) is 107 Å². The third kappa shape index (κ3) is 3.55. The number of aryl methyl sites for hydroxylation is 1. The molecule has 5 heterocycles. The van der Waals surface area contributed by atoms with E-state index in [1.807, 2.05) is 13.1 Å². The molecule has 0 amide bonds. The van der Waals surface area contributed by atoms with E-state index in [9.17, 15) is 8.78 Å². The second-order valence-electron chi connectivity index (χ2n) is 8.49. The van der Waals surface area contributed by atoms with Crippen LogP contribution >= 0.6 is 11.3 Å². The lowest BCUT2D eigenvalue weighted by atomic mass is 10.2. The molecule has 0 saturated carbocycles. The van der Waals surface area contributed by atoms with Crippen LogP contribution in [0.3, 0.4) is 0 Å². The Labute approximate surface area is 196 Å². The first-order valence-electron chi connectivity index (χ1n) is 10.9. The molecule has 0 radical (unpaired) electrons. The van der Waals surface area contributed by atoms with Gasteiger partial charge in [0.2, 0.25) is 5.95 Å². The monoisotopic (exact) mass is 488 g/mol. The molecule has 2 N–H and O–H groups in total. The maximum absolute atomic E-state index is 13.6. The van der Waals surface area contributed by atoms with Crippen LogP contribution in [0.25, 0.3) is 16.6 Å². The van der Waals surface area contributed by atoms with Gasteiger partial charge in [-0.05, 0) is 26.0 Å². The van der Waals surface area contributed by atoms with Crippen molar-refractivity contribution in [2.24, 2.45) is 0 Å². The van der Waals surface area contributed by atoms with Gasteiger partial charge in [0.15, 0.2) is 23.0 Å². The Balaban J connectivity index is 1.21. The summed E-state index contributed by atoms with van der Waals surface area (Å²) >= 11 is 1.72. The number of ether oxygens (including phenoxy) is 2. The van der Waals surface area contributed by atoms with Crippen LogP contribution in [-0.2, 0) is 6.42 Å². The lowest BCUT2D eigenvalue weighted by molar-refractivity contribution is -0.286. The largest absolute Gasteiger partial charge is 0.586 e. The van der Waals surface area contributed by atoms with Gasteiger partial charge < -0.3 is 20.1 Å². The first kappa shape index (κ1) is 21.2. The van der Waals surface area contributed by atoms with Gasteiger partial charge in [0, 0.05) is 44.0 Å². The van der Waals surface area contributed by atoms with Crippen molar-refractivity contribution in [1.82, 2.24) is 29.5 Å². The highest BCUT2D eigenvalue weighted by atomic mass is 32.1. The zero-order chi connectivity index (χ0) is 23.6. The second-order valence-corrected chi connectivity index (χ2v) is 9.70. The van der Waals surface area contributed by atoms with Crippen LogP contribution in [-0.4, -0.2) is 68.0 Å². The standard InChI is InChI=1S/C21H22F2N8O2S/c1-11-10-30(16-9-25-12(2)34-16)8-7-29(11)6-5-15-26-19-13-3-4-14-18(33-21(22,23)32-14)17(13)27-20(24)31(19)28-15/h3-4,9,11H,5-8,10H2,1-2H3,(H2,24,27). The number of hydrogen-bond acceptors (Lipinski definition) is 10. The molecule has 6 rings (SSSR count). The summed E-state index contributed by atoms with van der Waals surface area (Å²) in [4.78, 5) is 18.0. The van der Waals surface area contributed by atoms with Crippen molar-refractivity contribution in [3.63, 3.8) is 0 Å². The molecular formula is C21H22F2N8O2S. The number of rotatable bonds is 4. The number of nitrogens with two attached hydrogens (primary N) is 1. The lowest BCUT2D eigenvalue weighted by Crippen LogP contribution is -2.52. The molecule has 4 aromatic rings. The van der Waals surface area contributed by atoms with Gasteiger partial charge in [0.05, 0.1) is 11.2 Å². The van der Waals surface area contributed by atoms with Crippen molar-refractivity contribution in [1.29, 1.82) is 0 Å². The fraction of sp³-hybridized carbons (Fsp3) is 0.429. The minimum atomic E-state index is -3.74. The summed E-state index contributed by atoms with van der Waals surface area (Å²) in [5.74, 6) is 0.409. The van der Waals surface area contributed by atoms with Crippen LogP contribution in [0.2, 0.25) is 0 Å². The molecule has 34 heavy (non-hydrogen) atoms. The van der Waals surface area contributed by atoms with E-state index in [1.165, 1.54) is 15.6 Å². The highest BCUT2D eigenvalue weighted by molar-refractivity contribution is 7.15. The van der Waals surface area contributed by atoms with Gasteiger partial charge in [-0.3, -0.25) is 4.90 Å². The fourth-order valence-electron chi connectivity index (χ4n) is 4.51. The maximum atomic E-state index is 13.6. The number of hydrogen-bond donors (Lipinski definition) is 1. The molecule has 13 heteroatoms. The summed E-state index contributed by atoms with van der Waals surface area (Å²) in [7, 11) is 0. The summed E-state index contributed by atoms with van der Waals surface area (Å²) in [5.41, 5.74) is 6.69. The van der Waals surface area contributed by atoms with Crippen molar-refractivity contribution in [2.45, 2.75) is 32.6 Å². The number of fused-ring (bicyclic) bond motifs is 5. The molecular weight excluding hydrogens is 466 g/mol. The number of thiazole rings is 1. The van der Waals surface area contributed by atoms with Gasteiger partial charge in [-0.25, -0.2) is 15.0 Å². The van der Waals surface area contributed by atoms with Crippen molar-refractivity contribution < 1.29 is 18.3 Å². The average molecular weight is 489 g/mol. The van der Waals surface area contributed by atoms with E-state index in [-0.39, 0.29) is 23.0 Å². The molecule has 1 unspecified atom stereocenters. The summed E-state index contributed by atoms with van der Waals surface area (Å²) in [6.07, 6.45) is -1.17. The third-order valence-electron chi connectivity index (χ3n) is 6.19. The second kappa shape index (κ2) is 7.60. The highest BCUT2D eigenvalue weighted by Crippen LogP contribution is 2.45. The van der Waals surface area contributed by atoms with Gasteiger partial charge in [0.25, 0.3) is 0 Å². The Bertz CT molecular complexity index is 1410. The van der Waals surface area contributed by atoms with Crippen LogP contribution in [0.4, 0.5) is 19.7 Å². The molecule has 2 aliphatic rings. The molecule has 2 aliphatic heterocycles. The number of benzene rings is 1. The molecule has 1 saturated heterocycles. The number of halogens is 2. The van der Waals surface area contributed by atoms with Crippen LogP contribution < -0.4 is 20.1 Å². The number of nitrogens with zero attached hydrogens (tertiary/aromatic N) is 7. The predicted octanol–water partition coefficient (Wildman–Crippen LogP) is 2.70. The van der Waals surface area contributed by atoms with Crippen LogP contribution in [0.5, 0.6) is 11.5 Å². The number of anilines is 2. The Hall–Kier alpha value is -3.32. The van der Waals surface area contributed by atoms with Gasteiger partial charge in [-0.15, -0.1) is 25.2 Å². The summed E-state index contributed by atoms with van der Waals surface area (Å²) < 4.78 is 37.7. The summed E-state index contributed by atoms with van der Waals surface area (Å²) in [5, 5.41) is 7.30. The van der Waals surface area contributed by atoms with Crippen molar-refractivity contribution >= 4 is 38.8 Å². The minimum Gasteiger partial charge on any atom is -0.395 e. The van der Waals surface area contributed by atoms with Gasteiger partial charge in [-0.2, -0.15) is 4.52 Å². The van der Waals surface area contributed by atoms with Crippen LogP contribution in [0, 0.1) is 6.92 Å². The average Bonchev–Trinajstić information content (AvgIpc) is 3.49. The summed E-state index contributed by atoms with van der Waals surface area (Å²) in [6.45, 7) is 7.81. The molecule has 1 atom stereocenters. The van der Waals surface area contributed by atoms with E-state index in [0.717, 1.165) is 31.2 Å². The lowest BCUT2D eigenvalue weighted by Gasteiger charge is -2.40. The van der Waals surface area contributed by atoms with Gasteiger partial charge in [-0.1, -0.05) is 0 Å². The molecule has 0 bridgehead atoms. The Kier molecular flexibility index (Phi) is 4.74. The number of nitrogen functional groups attached to an aromatic ring is 1. The first-order chi connectivity index (χ1) is 16.3. The molecule has 10 nitrogen and oxygen atoms in total. The van der Waals surface area contributed by atoms with E-state index in [0.29, 0.717) is 29.3 Å². The SMILES string of the molecule is Cc1ncc(N2CCN(CCc3nc4c5ccc6c(c5nc(N)n4n3)OC(F)(F)O6)C(C)C2)s1. The maximum Gasteiger partial charge on any atom is 0.586 e. The summed E-state index contributed by atoms with van der Waals surface area (Å²) in [6, 6.07) is 3.39. The minimum absolute atomic E-state index is 0.0373. The predicted molar refractivity (Wildman–Crippen MR) is 123 cm³/mol. The molecule has 178 valence electrons. The van der Waals surface area contributed by atoms with Crippen molar-refractivity contribution in [3.05, 3.63) is 29.2 Å². The molecule has 1 fully saturated rings. The van der Waals surface area contributed by atoms with E-state index in [4.69, 9.17) is 5.73 Å². The highest BCUT2D eigenvalue weighted by Gasteiger charge is 2.45. The van der Waals surface area contributed by atoms with Crippen molar-refractivity contribution in [2.75, 3.05) is 36.8 Å². The normalized spacial score (nSPS) is 20.0. The Morgan fingerprint density at radius 2 is 2.09 bits per heavy atom. The van der Waals surface area contributed by atoms with Crippen molar-refractivity contribution in [3.8, 4) is 11.5 Å². The van der Waals surface area contributed by atoms with Gasteiger partial charge >= 0.3 is 6.29 Å². The molecule has 0 aliphatic carbocycles. The first-order valence-corrected chi connectivity index (χ1v) is 11.7. The third-order valence-corrected chi connectivity index (χ3v) is 7.16. The van der Waals surface area contributed by atoms with Gasteiger partial charge in [0.1, 0.15) is 10.5 Å². The smallest absolute Gasteiger partial charge is 0.395 e. The Morgan fingerprint density at radius 1 is 1.24 bits per heavy atom. The fourth-order valence-corrected chi connectivity index (χ4v) is 5.32. The number of aromatic nitrogens is 5. The van der Waals surface area contributed by atoms with E-state index in [1.54, 1.807) is 17.4 Å². The van der Waals surface area contributed by atoms with E-state index < -0.39 is 6.29 Å². The zero-order valence-electron chi connectivity index (χ0n) is 18.5. The number of alkyl halides is 2. The number of piperazine rings is 1. The zero-order valence-corrected chi connectivity index (χ0v) is 19.3.